The van der Waals surface area contributed by atoms with E-state index in [2.05, 4.69) is 140 Å². The first-order valence-electron chi connectivity index (χ1n) is 15.1. The highest BCUT2D eigenvalue weighted by atomic mass is 32.1. The van der Waals surface area contributed by atoms with Gasteiger partial charge in [-0.2, -0.15) is 0 Å². The molecule has 6 aromatic carbocycles. The molecule has 9 aromatic rings. The fourth-order valence-corrected chi connectivity index (χ4v) is 8.71. The van der Waals surface area contributed by atoms with Gasteiger partial charge < -0.3 is 0 Å². The van der Waals surface area contributed by atoms with Gasteiger partial charge in [0, 0.05) is 41.4 Å². The summed E-state index contributed by atoms with van der Waals surface area (Å²) in [6.45, 7) is 2.21. The molecule has 3 heterocycles. The van der Waals surface area contributed by atoms with Gasteiger partial charge in [0.15, 0.2) is 5.82 Å². The van der Waals surface area contributed by atoms with Gasteiger partial charge >= 0.3 is 0 Å². The highest BCUT2D eigenvalue weighted by Crippen LogP contribution is 2.41. The average Bonchev–Trinajstić information content (AvgIpc) is 3.67. The second kappa shape index (κ2) is 10.5. The quantitative estimate of drug-likeness (QED) is 0.198. The molecule has 212 valence electrons. The minimum absolute atomic E-state index is 0.744. The molecule has 0 aliphatic rings. The number of rotatable bonds is 4. The zero-order chi connectivity index (χ0) is 29.9. The summed E-state index contributed by atoms with van der Waals surface area (Å²) in [6, 6.07) is 49.9. The lowest BCUT2D eigenvalue weighted by Gasteiger charge is -2.10. The van der Waals surface area contributed by atoms with Crippen molar-refractivity contribution >= 4 is 63.1 Å². The molecule has 0 aliphatic heterocycles. The second-order valence-corrected chi connectivity index (χ2v) is 13.6. The van der Waals surface area contributed by atoms with Crippen molar-refractivity contribution in [1.29, 1.82) is 0 Å². The van der Waals surface area contributed by atoms with E-state index >= 15 is 0 Å². The summed E-state index contributed by atoms with van der Waals surface area (Å²) >= 11 is 3.64. The summed E-state index contributed by atoms with van der Waals surface area (Å²) in [5, 5.41) is 3.87. The topological polar surface area (TPSA) is 25.8 Å². The van der Waals surface area contributed by atoms with Crippen molar-refractivity contribution in [1.82, 2.24) is 9.97 Å². The van der Waals surface area contributed by atoms with E-state index < -0.39 is 0 Å². The molecule has 0 N–H and O–H groups in total. The van der Waals surface area contributed by atoms with Crippen LogP contribution in [0.25, 0.3) is 85.4 Å². The lowest BCUT2D eigenvalue weighted by molar-refractivity contribution is 1.24. The van der Waals surface area contributed by atoms with Gasteiger partial charge in [-0.05, 0) is 65.1 Å². The van der Waals surface area contributed by atoms with Crippen LogP contribution in [0.2, 0.25) is 0 Å². The summed E-state index contributed by atoms with van der Waals surface area (Å²) in [5.41, 5.74) is 10.2. The van der Waals surface area contributed by atoms with Crippen molar-refractivity contribution in [2.75, 3.05) is 0 Å². The van der Waals surface area contributed by atoms with Crippen molar-refractivity contribution in [3.63, 3.8) is 0 Å². The first-order valence-corrected chi connectivity index (χ1v) is 16.7. The molecule has 0 amide bonds. The summed E-state index contributed by atoms with van der Waals surface area (Å²) in [7, 11) is 0. The van der Waals surface area contributed by atoms with Crippen LogP contribution in [0.15, 0.2) is 140 Å². The summed E-state index contributed by atoms with van der Waals surface area (Å²) in [6.07, 6.45) is 0. The van der Waals surface area contributed by atoms with Crippen LogP contribution in [0.5, 0.6) is 0 Å². The first-order chi connectivity index (χ1) is 22.2. The zero-order valence-corrected chi connectivity index (χ0v) is 26.1. The molecule has 4 heteroatoms. The number of nitrogens with zero attached hydrogens (tertiary/aromatic N) is 2. The number of hydrogen-bond acceptors (Lipinski definition) is 4. The lowest BCUT2D eigenvalue weighted by Crippen LogP contribution is -1.94. The molecular weight excluding hydrogens is 585 g/mol. The molecule has 0 radical (unpaired) electrons. The standard InChI is InChI=1S/C41H26N2S2/c1-25-9-7-16-36-37(25)33-24-30(21-22-35(33)44-36)27-17-19-28(20-18-27)38-40-39(32-14-5-6-15-34(32)45-40)43-41(42-38)31-13-8-12-29(23-31)26-10-3-2-4-11-26/h2-24H,1H3. The Morgan fingerprint density at radius 1 is 0.444 bits per heavy atom. The van der Waals surface area contributed by atoms with E-state index in [1.54, 1.807) is 11.3 Å². The van der Waals surface area contributed by atoms with Gasteiger partial charge in [0.1, 0.15) is 0 Å². The molecule has 0 saturated carbocycles. The fraction of sp³-hybridized carbons (Fsp3) is 0.0244. The van der Waals surface area contributed by atoms with Crippen LogP contribution in [-0.2, 0) is 0 Å². The van der Waals surface area contributed by atoms with E-state index in [9.17, 15) is 0 Å². The molecular formula is C41H26N2S2. The summed E-state index contributed by atoms with van der Waals surface area (Å²) in [4.78, 5) is 10.4. The van der Waals surface area contributed by atoms with Crippen LogP contribution in [0.3, 0.4) is 0 Å². The largest absolute Gasteiger partial charge is 0.226 e. The number of thiophene rings is 2. The van der Waals surface area contributed by atoms with Crippen molar-refractivity contribution in [2.45, 2.75) is 6.92 Å². The third-order valence-corrected chi connectivity index (χ3v) is 10.9. The van der Waals surface area contributed by atoms with Crippen LogP contribution in [0.4, 0.5) is 0 Å². The van der Waals surface area contributed by atoms with Gasteiger partial charge in [-0.15, -0.1) is 22.7 Å². The zero-order valence-electron chi connectivity index (χ0n) is 24.5. The molecule has 0 atom stereocenters. The molecule has 0 saturated heterocycles. The predicted octanol–water partition coefficient (Wildman–Crippen LogP) is 12.2. The molecule has 0 fully saturated rings. The minimum atomic E-state index is 0.744. The van der Waals surface area contributed by atoms with E-state index in [-0.39, 0.29) is 0 Å². The van der Waals surface area contributed by atoms with Crippen molar-refractivity contribution in [2.24, 2.45) is 0 Å². The SMILES string of the molecule is Cc1cccc2sc3ccc(-c4ccc(-c5nc(-c6cccc(-c7ccccc7)c6)nc6c5sc5ccccc56)cc4)cc3c12. The Labute approximate surface area is 268 Å². The number of hydrogen-bond donors (Lipinski definition) is 0. The van der Waals surface area contributed by atoms with E-state index in [0.717, 1.165) is 38.4 Å². The number of aryl methyl sites for hydroxylation is 1. The highest BCUT2D eigenvalue weighted by Gasteiger charge is 2.17. The van der Waals surface area contributed by atoms with Gasteiger partial charge in [-0.25, -0.2) is 9.97 Å². The Bertz CT molecular complexity index is 2540. The van der Waals surface area contributed by atoms with Crippen LogP contribution < -0.4 is 0 Å². The Morgan fingerprint density at radius 2 is 1.09 bits per heavy atom. The molecule has 9 rings (SSSR count). The van der Waals surface area contributed by atoms with Crippen LogP contribution in [0.1, 0.15) is 5.56 Å². The maximum Gasteiger partial charge on any atom is 0.160 e. The molecule has 0 spiro atoms. The molecule has 45 heavy (non-hydrogen) atoms. The van der Waals surface area contributed by atoms with E-state index in [4.69, 9.17) is 9.97 Å². The molecule has 0 unspecified atom stereocenters. The predicted molar refractivity (Wildman–Crippen MR) is 194 cm³/mol. The average molecular weight is 611 g/mol. The second-order valence-electron chi connectivity index (χ2n) is 11.5. The molecule has 3 aromatic heterocycles. The third kappa shape index (κ3) is 4.45. The monoisotopic (exact) mass is 610 g/mol. The minimum Gasteiger partial charge on any atom is -0.226 e. The molecule has 0 aliphatic carbocycles. The Balaban J connectivity index is 1.18. The van der Waals surface area contributed by atoms with Gasteiger partial charge in [0.05, 0.1) is 15.9 Å². The van der Waals surface area contributed by atoms with Gasteiger partial charge in [-0.1, -0.05) is 109 Å². The van der Waals surface area contributed by atoms with Crippen molar-refractivity contribution in [3.05, 3.63) is 145 Å². The van der Waals surface area contributed by atoms with E-state index in [1.165, 1.54) is 52.5 Å². The smallest absolute Gasteiger partial charge is 0.160 e. The summed E-state index contributed by atoms with van der Waals surface area (Å²) in [5.74, 6) is 0.744. The Kier molecular flexibility index (Phi) is 6.12. The highest BCUT2D eigenvalue weighted by molar-refractivity contribution is 7.26. The van der Waals surface area contributed by atoms with Crippen LogP contribution in [-0.4, -0.2) is 9.97 Å². The lowest BCUT2D eigenvalue weighted by atomic mass is 9.99. The maximum atomic E-state index is 5.25. The molecule has 2 nitrogen and oxygen atoms in total. The third-order valence-electron chi connectivity index (χ3n) is 8.64. The summed E-state index contributed by atoms with van der Waals surface area (Å²) < 4.78 is 5.02. The molecule has 0 bridgehead atoms. The first kappa shape index (κ1) is 26.3. The maximum absolute atomic E-state index is 5.25. The number of aromatic nitrogens is 2. The van der Waals surface area contributed by atoms with Crippen molar-refractivity contribution < 1.29 is 0 Å². The van der Waals surface area contributed by atoms with Gasteiger partial charge in [-0.3, -0.25) is 0 Å². The normalized spacial score (nSPS) is 11.7. The van der Waals surface area contributed by atoms with Crippen molar-refractivity contribution in [3.8, 4) is 44.9 Å². The Hall–Kier alpha value is -5.16. The van der Waals surface area contributed by atoms with Gasteiger partial charge in [0.2, 0.25) is 0 Å². The number of benzene rings is 6. The van der Waals surface area contributed by atoms with E-state index in [1.807, 2.05) is 17.4 Å². The number of fused-ring (bicyclic) bond motifs is 6. The van der Waals surface area contributed by atoms with Crippen LogP contribution >= 0.6 is 22.7 Å². The van der Waals surface area contributed by atoms with E-state index in [0.29, 0.717) is 0 Å². The fourth-order valence-electron chi connectivity index (χ4n) is 6.39. The van der Waals surface area contributed by atoms with Crippen LogP contribution in [0, 0.1) is 6.92 Å². The van der Waals surface area contributed by atoms with Gasteiger partial charge in [0.25, 0.3) is 0 Å². The Morgan fingerprint density at radius 3 is 1.98 bits per heavy atom.